The van der Waals surface area contributed by atoms with Crippen molar-refractivity contribution in [1.29, 1.82) is 0 Å². The van der Waals surface area contributed by atoms with Crippen LogP contribution in [0.1, 0.15) is 116 Å². The van der Waals surface area contributed by atoms with E-state index >= 15 is 0 Å². The van der Waals surface area contributed by atoms with Crippen LogP contribution >= 0.6 is 0 Å². The highest BCUT2D eigenvalue weighted by Crippen LogP contribution is 2.13. The minimum atomic E-state index is -3.16. The summed E-state index contributed by atoms with van der Waals surface area (Å²) in [6, 6.07) is 5.86. The molecule has 0 aliphatic heterocycles. The van der Waals surface area contributed by atoms with E-state index in [1.54, 1.807) is 7.11 Å². The van der Waals surface area contributed by atoms with Gasteiger partial charge < -0.3 is 21.9 Å². The summed E-state index contributed by atoms with van der Waals surface area (Å²) in [5.74, 6) is 0.204. The highest BCUT2D eigenvalue weighted by Gasteiger charge is 2.19. The van der Waals surface area contributed by atoms with E-state index in [0.717, 1.165) is 6.42 Å². The molecular weight excluding hydrogens is 506 g/mol. The average molecular weight is 562 g/mol. The number of rotatable bonds is 26. The van der Waals surface area contributed by atoms with Gasteiger partial charge in [-0.15, -0.1) is 0 Å². The number of hydrogen-bond acceptors (Lipinski definition) is 4. The molecule has 0 amide bonds. The molecule has 0 spiro atoms. The number of pyridine rings is 1. The minimum Gasteiger partial charge on any atom is -1.00 e. The third-order valence-electron chi connectivity index (χ3n) is 6.87. The molecule has 7 heteroatoms. The normalized spacial score (nSPS) is 12.4. The SMILES string of the molecule is CCCCCCCCCCCCCCCCCCOCC(CS(=O)(=O)CCC[n+]1ccccc1)OC.[Cl-]. The lowest BCUT2D eigenvalue weighted by Crippen LogP contribution is -3.00. The molecule has 218 valence electrons. The number of halogens is 1. The van der Waals surface area contributed by atoms with Gasteiger partial charge in [0.05, 0.1) is 24.2 Å². The summed E-state index contributed by atoms with van der Waals surface area (Å²) < 4.78 is 38.0. The molecule has 1 unspecified atom stereocenters. The van der Waals surface area contributed by atoms with E-state index in [0.29, 0.717) is 26.2 Å². The quantitative estimate of drug-likeness (QED) is 0.126. The van der Waals surface area contributed by atoms with Crippen LogP contribution in [0, 0.1) is 0 Å². The van der Waals surface area contributed by atoms with Gasteiger partial charge in [-0.3, -0.25) is 0 Å². The third-order valence-corrected chi connectivity index (χ3v) is 8.66. The highest BCUT2D eigenvalue weighted by molar-refractivity contribution is 7.91. The van der Waals surface area contributed by atoms with Crippen molar-refractivity contribution in [2.75, 3.05) is 31.8 Å². The monoisotopic (exact) mass is 561 g/mol. The second-order valence-electron chi connectivity index (χ2n) is 10.3. The maximum absolute atomic E-state index is 12.4. The molecule has 0 radical (unpaired) electrons. The van der Waals surface area contributed by atoms with Gasteiger partial charge >= 0.3 is 0 Å². The van der Waals surface area contributed by atoms with Gasteiger partial charge in [0.15, 0.2) is 22.2 Å². The lowest BCUT2D eigenvalue weighted by atomic mass is 10.0. The zero-order chi connectivity index (χ0) is 26.2. The fourth-order valence-electron chi connectivity index (χ4n) is 4.57. The minimum absolute atomic E-state index is 0. The molecule has 1 aromatic rings. The highest BCUT2D eigenvalue weighted by atomic mass is 35.5. The van der Waals surface area contributed by atoms with Gasteiger partial charge in [-0.2, -0.15) is 0 Å². The molecule has 0 bridgehead atoms. The summed E-state index contributed by atoms with van der Waals surface area (Å²) in [5, 5.41) is 0. The summed E-state index contributed by atoms with van der Waals surface area (Å²) >= 11 is 0. The molecule has 37 heavy (non-hydrogen) atoms. The second kappa shape index (κ2) is 25.6. The van der Waals surface area contributed by atoms with Crippen molar-refractivity contribution in [3.05, 3.63) is 30.6 Å². The Kier molecular flexibility index (Phi) is 25.1. The van der Waals surface area contributed by atoms with Crippen molar-refractivity contribution in [2.24, 2.45) is 0 Å². The van der Waals surface area contributed by atoms with E-state index in [9.17, 15) is 8.42 Å². The number of ether oxygens (including phenoxy) is 2. The Morgan fingerprint density at radius 3 is 1.68 bits per heavy atom. The van der Waals surface area contributed by atoms with Crippen molar-refractivity contribution in [3.63, 3.8) is 0 Å². The molecule has 5 nitrogen and oxygen atoms in total. The first-order valence-corrected chi connectivity index (χ1v) is 16.6. The molecule has 1 aromatic heterocycles. The first-order valence-electron chi connectivity index (χ1n) is 14.8. The van der Waals surface area contributed by atoms with Gasteiger partial charge in [-0.25, -0.2) is 13.0 Å². The van der Waals surface area contributed by atoms with Gasteiger partial charge in [0.25, 0.3) is 0 Å². The molecule has 0 fully saturated rings. The molecule has 1 atom stereocenters. The number of aryl methyl sites for hydroxylation is 1. The molecule has 0 aliphatic rings. The van der Waals surface area contributed by atoms with Crippen LogP contribution in [0.2, 0.25) is 0 Å². The predicted octanol–water partition coefficient (Wildman–Crippen LogP) is 4.08. The lowest BCUT2D eigenvalue weighted by Gasteiger charge is -2.15. The van der Waals surface area contributed by atoms with Crippen molar-refractivity contribution in [1.82, 2.24) is 0 Å². The summed E-state index contributed by atoms with van der Waals surface area (Å²) in [7, 11) is -1.59. The Morgan fingerprint density at radius 2 is 1.19 bits per heavy atom. The van der Waals surface area contributed by atoms with Crippen LogP contribution in [0.4, 0.5) is 0 Å². The zero-order valence-electron chi connectivity index (χ0n) is 23.9. The summed E-state index contributed by atoms with van der Waals surface area (Å²) in [5.41, 5.74) is 0. The number of hydrogen-bond donors (Lipinski definition) is 0. The van der Waals surface area contributed by atoms with Crippen molar-refractivity contribution in [2.45, 2.75) is 129 Å². The summed E-state index contributed by atoms with van der Waals surface area (Å²) in [6.07, 6.45) is 25.8. The Morgan fingerprint density at radius 1 is 0.703 bits per heavy atom. The van der Waals surface area contributed by atoms with Crippen LogP contribution in [-0.4, -0.2) is 46.4 Å². The first kappa shape index (κ1) is 36.3. The van der Waals surface area contributed by atoms with Gasteiger partial charge in [-0.1, -0.05) is 109 Å². The van der Waals surface area contributed by atoms with Gasteiger partial charge in [0, 0.05) is 32.3 Å². The summed E-state index contributed by atoms with van der Waals surface area (Å²) in [6.45, 7) is 4.01. The van der Waals surface area contributed by atoms with Crippen molar-refractivity contribution < 1.29 is 34.9 Å². The maximum Gasteiger partial charge on any atom is 0.168 e. The number of unbranched alkanes of at least 4 members (excludes halogenated alkanes) is 15. The van der Waals surface area contributed by atoms with Gasteiger partial charge in [-0.05, 0) is 6.42 Å². The Hall–Kier alpha value is -0.690. The number of aromatic nitrogens is 1. The molecule has 0 N–H and O–H groups in total. The second-order valence-corrected chi connectivity index (χ2v) is 12.5. The zero-order valence-corrected chi connectivity index (χ0v) is 25.5. The number of methoxy groups -OCH3 is 1. The fourth-order valence-corrected chi connectivity index (χ4v) is 6.10. The van der Waals surface area contributed by atoms with E-state index in [2.05, 4.69) is 6.92 Å². The number of sulfone groups is 1. The van der Waals surface area contributed by atoms with E-state index < -0.39 is 9.84 Å². The topological polar surface area (TPSA) is 56.5 Å². The largest absolute Gasteiger partial charge is 1.00 e. The van der Waals surface area contributed by atoms with Crippen LogP contribution in [0.15, 0.2) is 30.6 Å². The smallest absolute Gasteiger partial charge is 0.168 e. The van der Waals surface area contributed by atoms with Crippen LogP contribution in [0.25, 0.3) is 0 Å². The Bertz CT molecular complexity index is 703. The number of nitrogens with zero attached hydrogens (tertiary/aromatic N) is 1. The van der Waals surface area contributed by atoms with E-state index in [1.807, 2.05) is 35.2 Å². The third kappa shape index (κ3) is 23.0. The first-order chi connectivity index (χ1) is 17.6. The van der Waals surface area contributed by atoms with Crippen LogP contribution in [0.3, 0.4) is 0 Å². The predicted molar refractivity (Wildman–Crippen MR) is 151 cm³/mol. The van der Waals surface area contributed by atoms with Crippen LogP contribution in [0.5, 0.6) is 0 Å². The molecule has 0 saturated heterocycles. The molecule has 0 saturated carbocycles. The Labute approximate surface area is 235 Å². The molecular formula is C30H56ClNO4S. The average Bonchev–Trinajstić information content (AvgIpc) is 2.87. The standard InChI is InChI=1S/C30H56NO4S.ClH/c1-3-4-5-6-7-8-9-10-11-12-13-14-15-16-17-21-26-35-28-30(34-2)29-36(32,33)27-22-25-31-23-19-18-20-24-31;/h18-20,23-24,30H,3-17,21-22,25-29H2,1-2H3;1H/q+1;/p-1. The van der Waals surface area contributed by atoms with E-state index in [4.69, 9.17) is 9.47 Å². The van der Waals surface area contributed by atoms with Crippen molar-refractivity contribution >= 4 is 9.84 Å². The molecule has 0 aliphatic carbocycles. The lowest BCUT2D eigenvalue weighted by molar-refractivity contribution is -0.696. The summed E-state index contributed by atoms with van der Waals surface area (Å²) in [4.78, 5) is 0. The van der Waals surface area contributed by atoms with Crippen LogP contribution in [-0.2, 0) is 25.9 Å². The van der Waals surface area contributed by atoms with E-state index in [-0.39, 0.29) is 30.0 Å². The molecule has 0 aromatic carbocycles. The van der Waals surface area contributed by atoms with Gasteiger partial charge in [0.1, 0.15) is 6.54 Å². The fraction of sp³-hybridized carbons (Fsp3) is 0.833. The Balaban J connectivity index is 0.0000130. The van der Waals surface area contributed by atoms with Gasteiger partial charge in [0.2, 0.25) is 0 Å². The van der Waals surface area contributed by atoms with E-state index in [1.165, 1.54) is 96.3 Å². The van der Waals surface area contributed by atoms with Crippen LogP contribution < -0.4 is 17.0 Å². The molecule has 1 heterocycles. The molecule has 1 rings (SSSR count). The maximum atomic E-state index is 12.4. The van der Waals surface area contributed by atoms with Crippen molar-refractivity contribution in [3.8, 4) is 0 Å².